The predicted octanol–water partition coefficient (Wildman–Crippen LogP) is 5.78. The van der Waals surface area contributed by atoms with E-state index < -0.39 is 0 Å². The second kappa shape index (κ2) is 6.12. The molecule has 0 amide bonds. The lowest BCUT2D eigenvalue weighted by Gasteiger charge is -2.16. The lowest BCUT2D eigenvalue weighted by molar-refractivity contribution is 0.694. The molecule has 0 spiro atoms. The maximum absolute atomic E-state index is 6.19. The fourth-order valence-corrected chi connectivity index (χ4v) is 3.71. The van der Waals surface area contributed by atoms with Crippen molar-refractivity contribution >= 4 is 62.1 Å². The summed E-state index contributed by atoms with van der Waals surface area (Å²) in [5, 5.41) is 3.90. The fourth-order valence-electron chi connectivity index (χ4n) is 1.74. The van der Waals surface area contributed by atoms with Crippen LogP contribution in [0.3, 0.4) is 0 Å². The number of hydrogen-bond acceptors (Lipinski definition) is 2. The lowest BCUT2D eigenvalue weighted by Crippen LogP contribution is -2.17. The Morgan fingerprint density at radius 1 is 1.22 bits per heavy atom. The Hall–Kier alpha value is 0.230. The highest BCUT2D eigenvalue weighted by molar-refractivity contribution is 9.10. The minimum absolute atomic E-state index is 0.0214. The van der Waals surface area contributed by atoms with E-state index in [-0.39, 0.29) is 6.04 Å². The van der Waals surface area contributed by atoms with Crippen LogP contribution in [0, 0.1) is 0 Å². The number of nitrogens with one attached hydrogen (secondary N) is 1. The smallest absolute Gasteiger partial charge is 0.0995 e. The first kappa shape index (κ1) is 14.6. The van der Waals surface area contributed by atoms with Crippen LogP contribution in [-0.4, -0.2) is 7.05 Å². The number of hydrogen-bond donors (Lipinski definition) is 1. The molecule has 1 aromatic heterocycles. The number of benzene rings is 1. The normalized spacial score (nSPS) is 12.7. The van der Waals surface area contributed by atoms with E-state index in [1.54, 1.807) is 0 Å². The van der Waals surface area contributed by atoms with E-state index in [0.717, 1.165) is 15.6 Å². The van der Waals surface area contributed by atoms with Gasteiger partial charge < -0.3 is 5.32 Å². The van der Waals surface area contributed by atoms with Crippen molar-refractivity contribution in [3.63, 3.8) is 0 Å². The molecule has 2 rings (SSSR count). The summed E-state index contributed by atoms with van der Waals surface area (Å²) in [5.41, 5.74) is 2.01. The zero-order valence-electron chi connectivity index (χ0n) is 9.31. The SMILES string of the molecule is CNC(c1ccc(Br)c(Cl)c1)c1cc(Cl)sc1Cl. The van der Waals surface area contributed by atoms with Gasteiger partial charge in [-0.1, -0.05) is 40.9 Å². The van der Waals surface area contributed by atoms with Crippen molar-refractivity contribution in [3.05, 3.63) is 53.6 Å². The van der Waals surface area contributed by atoms with Crippen LogP contribution < -0.4 is 5.32 Å². The zero-order chi connectivity index (χ0) is 13.3. The van der Waals surface area contributed by atoms with E-state index in [1.165, 1.54) is 11.3 Å². The van der Waals surface area contributed by atoms with E-state index in [1.807, 2.05) is 31.3 Å². The molecule has 0 aliphatic carbocycles. The average Bonchev–Trinajstić information content (AvgIpc) is 2.64. The van der Waals surface area contributed by atoms with Crippen molar-refractivity contribution in [1.29, 1.82) is 0 Å². The zero-order valence-corrected chi connectivity index (χ0v) is 14.0. The van der Waals surface area contributed by atoms with Crippen LogP contribution in [0.15, 0.2) is 28.7 Å². The molecule has 0 saturated carbocycles. The molecule has 0 radical (unpaired) electrons. The Balaban J connectivity index is 2.45. The predicted molar refractivity (Wildman–Crippen MR) is 84.4 cm³/mol. The van der Waals surface area contributed by atoms with Gasteiger partial charge in [0.2, 0.25) is 0 Å². The standard InChI is InChI=1S/C12H9BrCl3NS/c1-17-11(7-5-10(15)18-12(7)16)6-2-3-8(13)9(14)4-6/h2-5,11,17H,1H3. The van der Waals surface area contributed by atoms with E-state index in [0.29, 0.717) is 13.7 Å². The summed E-state index contributed by atoms with van der Waals surface area (Å²) < 4.78 is 2.24. The van der Waals surface area contributed by atoms with Crippen LogP contribution in [-0.2, 0) is 0 Å². The minimum Gasteiger partial charge on any atom is -0.309 e. The third kappa shape index (κ3) is 3.03. The van der Waals surface area contributed by atoms with Crippen molar-refractivity contribution in [2.24, 2.45) is 0 Å². The quantitative estimate of drug-likeness (QED) is 0.706. The molecule has 1 heterocycles. The molecule has 0 aliphatic heterocycles. The molecule has 96 valence electrons. The molecule has 2 aromatic rings. The molecular formula is C12H9BrCl3NS. The van der Waals surface area contributed by atoms with Gasteiger partial charge in [-0.25, -0.2) is 0 Å². The monoisotopic (exact) mass is 383 g/mol. The van der Waals surface area contributed by atoms with Crippen LogP contribution in [0.1, 0.15) is 17.2 Å². The maximum atomic E-state index is 6.19. The average molecular weight is 386 g/mol. The maximum Gasteiger partial charge on any atom is 0.0995 e. The van der Waals surface area contributed by atoms with Gasteiger partial charge in [0.05, 0.1) is 19.7 Å². The summed E-state index contributed by atoms with van der Waals surface area (Å²) in [7, 11) is 1.88. The molecule has 1 N–H and O–H groups in total. The van der Waals surface area contributed by atoms with Gasteiger partial charge >= 0.3 is 0 Å². The van der Waals surface area contributed by atoms with Gasteiger partial charge in [0.15, 0.2) is 0 Å². The van der Waals surface area contributed by atoms with Gasteiger partial charge in [-0.15, -0.1) is 11.3 Å². The Kier molecular flexibility index (Phi) is 4.98. The Labute approximate surface area is 133 Å². The topological polar surface area (TPSA) is 12.0 Å². The highest BCUT2D eigenvalue weighted by atomic mass is 79.9. The number of thiophene rings is 1. The molecule has 0 fully saturated rings. The van der Waals surface area contributed by atoms with Crippen LogP contribution in [0.4, 0.5) is 0 Å². The summed E-state index contributed by atoms with van der Waals surface area (Å²) >= 11 is 23.0. The molecule has 1 aromatic carbocycles. The van der Waals surface area contributed by atoms with E-state index in [4.69, 9.17) is 34.8 Å². The summed E-state index contributed by atoms with van der Waals surface area (Å²) in [5.74, 6) is 0. The molecule has 1 unspecified atom stereocenters. The van der Waals surface area contributed by atoms with Gasteiger partial charge in [0, 0.05) is 10.0 Å². The Morgan fingerprint density at radius 3 is 2.44 bits per heavy atom. The summed E-state index contributed by atoms with van der Waals surface area (Å²) in [4.78, 5) is 0. The van der Waals surface area contributed by atoms with Gasteiger partial charge in [-0.05, 0) is 46.7 Å². The van der Waals surface area contributed by atoms with Crippen LogP contribution in [0.2, 0.25) is 13.7 Å². The Morgan fingerprint density at radius 2 is 1.94 bits per heavy atom. The van der Waals surface area contributed by atoms with Crippen LogP contribution in [0.5, 0.6) is 0 Å². The van der Waals surface area contributed by atoms with Crippen molar-refractivity contribution in [2.75, 3.05) is 7.05 Å². The van der Waals surface area contributed by atoms with Gasteiger partial charge in [0.1, 0.15) is 0 Å². The first-order valence-electron chi connectivity index (χ1n) is 5.10. The van der Waals surface area contributed by atoms with Crippen LogP contribution >= 0.6 is 62.1 Å². The highest BCUT2D eigenvalue weighted by Crippen LogP contribution is 2.38. The van der Waals surface area contributed by atoms with E-state index in [2.05, 4.69) is 21.2 Å². The van der Waals surface area contributed by atoms with Crippen molar-refractivity contribution < 1.29 is 0 Å². The van der Waals surface area contributed by atoms with Crippen molar-refractivity contribution in [3.8, 4) is 0 Å². The number of halogens is 4. The molecule has 18 heavy (non-hydrogen) atoms. The molecule has 1 atom stereocenters. The Bertz CT molecular complexity index is 570. The second-order valence-electron chi connectivity index (χ2n) is 3.67. The molecule has 0 saturated heterocycles. The highest BCUT2D eigenvalue weighted by Gasteiger charge is 2.18. The third-order valence-corrected chi connectivity index (χ3v) is 5.31. The van der Waals surface area contributed by atoms with Crippen molar-refractivity contribution in [1.82, 2.24) is 5.32 Å². The molecule has 0 aliphatic rings. The largest absolute Gasteiger partial charge is 0.309 e. The third-order valence-electron chi connectivity index (χ3n) is 2.56. The first-order chi connectivity index (χ1) is 8.52. The van der Waals surface area contributed by atoms with Crippen molar-refractivity contribution in [2.45, 2.75) is 6.04 Å². The molecule has 0 bridgehead atoms. The first-order valence-corrected chi connectivity index (χ1v) is 7.84. The fraction of sp³-hybridized carbons (Fsp3) is 0.167. The summed E-state index contributed by atoms with van der Waals surface area (Å²) in [6, 6.07) is 7.69. The number of rotatable bonds is 3. The second-order valence-corrected chi connectivity index (χ2v) is 7.22. The van der Waals surface area contributed by atoms with Gasteiger partial charge in [-0.3, -0.25) is 0 Å². The van der Waals surface area contributed by atoms with Gasteiger partial charge in [-0.2, -0.15) is 0 Å². The van der Waals surface area contributed by atoms with E-state index >= 15 is 0 Å². The minimum atomic E-state index is -0.0214. The summed E-state index contributed by atoms with van der Waals surface area (Å²) in [6.07, 6.45) is 0. The summed E-state index contributed by atoms with van der Waals surface area (Å²) in [6.45, 7) is 0. The van der Waals surface area contributed by atoms with Crippen LogP contribution in [0.25, 0.3) is 0 Å². The molecule has 6 heteroatoms. The lowest BCUT2D eigenvalue weighted by atomic mass is 10.0. The molecular weight excluding hydrogens is 376 g/mol. The van der Waals surface area contributed by atoms with E-state index in [9.17, 15) is 0 Å². The van der Waals surface area contributed by atoms with Gasteiger partial charge in [0.25, 0.3) is 0 Å². The molecule has 1 nitrogen and oxygen atoms in total.